The Balaban J connectivity index is 1.30. The average molecular weight is 557 g/mol. The summed E-state index contributed by atoms with van der Waals surface area (Å²) in [5, 5.41) is 12.8. The summed E-state index contributed by atoms with van der Waals surface area (Å²) < 4.78 is 13.6. The minimum Gasteiger partial charge on any atom is -0.343 e. The van der Waals surface area contributed by atoms with E-state index in [2.05, 4.69) is 21.3 Å². The van der Waals surface area contributed by atoms with E-state index in [-0.39, 0.29) is 30.0 Å². The van der Waals surface area contributed by atoms with Crippen LogP contribution in [0.1, 0.15) is 50.5 Å². The molecule has 4 fully saturated rings. The van der Waals surface area contributed by atoms with Crippen molar-refractivity contribution in [3.63, 3.8) is 0 Å². The minimum absolute atomic E-state index is 0.131. The van der Waals surface area contributed by atoms with Gasteiger partial charge in [0, 0.05) is 65.3 Å². The standard InChI is InChI=1S/C30H45FN6O3/c31-24-8-6-22(7-9-24)20-25(35-27(38)26-21-33-12-13-34-26)28(39)36-16-10-30(11-17-36,23-4-2-1-3-5-23)29(40)37-18-14-32-15-19-37/h6-9,23,25-26,32-34H,1-5,10-21H2,(H,35,38)/t25-,26+/m1/s1. The third-order valence-corrected chi connectivity index (χ3v) is 9.51. The average Bonchev–Trinajstić information content (AvgIpc) is 3.02. The highest BCUT2D eigenvalue weighted by atomic mass is 19.1. The maximum atomic E-state index is 14.1. The third-order valence-electron chi connectivity index (χ3n) is 9.51. The van der Waals surface area contributed by atoms with Crippen molar-refractivity contribution in [1.29, 1.82) is 0 Å². The smallest absolute Gasteiger partial charge is 0.245 e. The molecule has 0 spiro atoms. The summed E-state index contributed by atoms with van der Waals surface area (Å²) in [7, 11) is 0. The van der Waals surface area contributed by atoms with Crippen molar-refractivity contribution >= 4 is 17.7 Å². The highest BCUT2D eigenvalue weighted by Gasteiger charge is 2.50. The summed E-state index contributed by atoms with van der Waals surface area (Å²) in [6, 6.07) is 4.93. The highest BCUT2D eigenvalue weighted by Crippen LogP contribution is 2.47. The fraction of sp³-hybridized carbons (Fsp3) is 0.700. The van der Waals surface area contributed by atoms with Crippen LogP contribution in [0, 0.1) is 17.2 Å². The van der Waals surface area contributed by atoms with Crippen molar-refractivity contribution in [2.45, 2.75) is 63.5 Å². The van der Waals surface area contributed by atoms with Crippen molar-refractivity contribution in [2.24, 2.45) is 11.3 Å². The summed E-state index contributed by atoms with van der Waals surface area (Å²) in [6.07, 6.45) is 7.34. The number of halogens is 1. The Morgan fingerprint density at radius 1 is 0.900 bits per heavy atom. The summed E-state index contributed by atoms with van der Waals surface area (Å²) in [5.41, 5.74) is 0.374. The van der Waals surface area contributed by atoms with E-state index in [0.29, 0.717) is 44.9 Å². The molecule has 1 aromatic carbocycles. The van der Waals surface area contributed by atoms with E-state index in [1.165, 1.54) is 31.4 Å². The number of amides is 3. The van der Waals surface area contributed by atoms with Crippen LogP contribution >= 0.6 is 0 Å². The first-order valence-electron chi connectivity index (χ1n) is 15.2. The second-order valence-corrected chi connectivity index (χ2v) is 12.0. The van der Waals surface area contributed by atoms with Gasteiger partial charge in [0.05, 0.1) is 11.5 Å². The molecule has 1 aliphatic carbocycles. The molecule has 0 aromatic heterocycles. The zero-order valence-corrected chi connectivity index (χ0v) is 23.6. The van der Waals surface area contributed by atoms with Gasteiger partial charge in [-0.25, -0.2) is 4.39 Å². The van der Waals surface area contributed by atoms with Gasteiger partial charge in [-0.15, -0.1) is 0 Å². The number of piperidine rings is 1. The second-order valence-electron chi connectivity index (χ2n) is 12.0. The molecule has 2 atom stereocenters. The van der Waals surface area contributed by atoms with Gasteiger partial charge >= 0.3 is 0 Å². The maximum Gasteiger partial charge on any atom is 0.245 e. The van der Waals surface area contributed by atoms with E-state index in [1.807, 2.05) is 9.80 Å². The Morgan fingerprint density at radius 2 is 1.60 bits per heavy atom. The molecule has 3 heterocycles. The number of piperazine rings is 2. The zero-order valence-electron chi connectivity index (χ0n) is 23.6. The van der Waals surface area contributed by atoms with Gasteiger partial charge in [-0.1, -0.05) is 31.4 Å². The van der Waals surface area contributed by atoms with Gasteiger partial charge in [0.25, 0.3) is 0 Å². The lowest BCUT2D eigenvalue weighted by atomic mass is 9.63. The van der Waals surface area contributed by atoms with Crippen LogP contribution in [-0.4, -0.2) is 98.5 Å². The molecular weight excluding hydrogens is 511 g/mol. The molecular formula is C30H45FN6O3. The Labute approximate surface area is 237 Å². The van der Waals surface area contributed by atoms with Crippen molar-refractivity contribution in [2.75, 3.05) is 58.9 Å². The molecule has 0 bridgehead atoms. The van der Waals surface area contributed by atoms with E-state index in [1.54, 1.807) is 12.1 Å². The first kappa shape index (κ1) is 29.0. The molecule has 0 radical (unpaired) electrons. The lowest BCUT2D eigenvalue weighted by Crippen LogP contribution is -2.61. The van der Waals surface area contributed by atoms with E-state index in [9.17, 15) is 18.8 Å². The lowest BCUT2D eigenvalue weighted by Gasteiger charge is -2.49. The Hall–Kier alpha value is -2.56. The van der Waals surface area contributed by atoms with Gasteiger partial charge in [-0.05, 0) is 49.3 Å². The van der Waals surface area contributed by atoms with E-state index in [0.717, 1.165) is 51.1 Å². The van der Waals surface area contributed by atoms with Crippen molar-refractivity contribution in [3.8, 4) is 0 Å². The first-order valence-corrected chi connectivity index (χ1v) is 15.2. The molecule has 4 N–H and O–H groups in total. The normalized spacial score (nSPS) is 24.8. The van der Waals surface area contributed by atoms with Crippen molar-refractivity contribution in [3.05, 3.63) is 35.6 Å². The molecule has 220 valence electrons. The molecule has 40 heavy (non-hydrogen) atoms. The number of carbonyl (C=O) groups is 3. The highest BCUT2D eigenvalue weighted by molar-refractivity contribution is 5.90. The summed E-state index contributed by atoms with van der Waals surface area (Å²) >= 11 is 0. The van der Waals surface area contributed by atoms with Gasteiger partial charge in [-0.3, -0.25) is 14.4 Å². The quantitative estimate of drug-likeness (QED) is 0.400. The number of benzene rings is 1. The maximum absolute atomic E-state index is 14.1. The van der Waals surface area contributed by atoms with Crippen LogP contribution in [0.4, 0.5) is 4.39 Å². The molecule has 5 rings (SSSR count). The van der Waals surface area contributed by atoms with E-state index < -0.39 is 17.5 Å². The number of rotatable bonds is 7. The van der Waals surface area contributed by atoms with Gasteiger partial charge in [0.2, 0.25) is 17.7 Å². The van der Waals surface area contributed by atoms with Crippen LogP contribution in [0.3, 0.4) is 0 Å². The fourth-order valence-corrected chi connectivity index (χ4v) is 7.15. The number of carbonyl (C=O) groups excluding carboxylic acids is 3. The van der Waals surface area contributed by atoms with Crippen LogP contribution < -0.4 is 21.3 Å². The monoisotopic (exact) mass is 556 g/mol. The van der Waals surface area contributed by atoms with Crippen molar-refractivity contribution in [1.82, 2.24) is 31.1 Å². The Bertz CT molecular complexity index is 1010. The molecule has 0 unspecified atom stereocenters. The van der Waals surface area contributed by atoms with Crippen molar-refractivity contribution < 1.29 is 18.8 Å². The first-order chi connectivity index (χ1) is 19.5. The molecule has 3 saturated heterocycles. The molecule has 9 nitrogen and oxygen atoms in total. The minimum atomic E-state index is -0.757. The van der Waals surface area contributed by atoms with E-state index >= 15 is 0 Å². The number of hydrogen-bond donors (Lipinski definition) is 4. The number of nitrogens with zero attached hydrogens (tertiary/aromatic N) is 2. The molecule has 10 heteroatoms. The largest absolute Gasteiger partial charge is 0.343 e. The fourth-order valence-electron chi connectivity index (χ4n) is 7.15. The Kier molecular flexibility index (Phi) is 9.70. The van der Waals surface area contributed by atoms with Crippen LogP contribution in [0.15, 0.2) is 24.3 Å². The van der Waals surface area contributed by atoms with Gasteiger partial charge in [0.15, 0.2) is 0 Å². The van der Waals surface area contributed by atoms with Crippen LogP contribution in [0.25, 0.3) is 0 Å². The molecule has 3 amide bonds. The molecule has 4 aliphatic rings. The Morgan fingerprint density at radius 3 is 2.25 bits per heavy atom. The summed E-state index contributed by atoms with van der Waals surface area (Å²) in [5.74, 6) is -0.0405. The number of hydrogen-bond acceptors (Lipinski definition) is 6. The predicted octanol–water partition coefficient (Wildman–Crippen LogP) is 1.04. The zero-order chi connectivity index (χ0) is 28.0. The van der Waals surface area contributed by atoms with Crippen LogP contribution in [0.5, 0.6) is 0 Å². The number of nitrogens with one attached hydrogen (secondary N) is 4. The predicted molar refractivity (Wildman–Crippen MR) is 151 cm³/mol. The second kappa shape index (κ2) is 13.4. The van der Waals surface area contributed by atoms with Gasteiger partial charge in [0.1, 0.15) is 11.9 Å². The summed E-state index contributed by atoms with van der Waals surface area (Å²) in [4.78, 5) is 45.0. The third kappa shape index (κ3) is 6.66. The van der Waals surface area contributed by atoms with Gasteiger partial charge in [-0.2, -0.15) is 0 Å². The van der Waals surface area contributed by atoms with E-state index in [4.69, 9.17) is 0 Å². The molecule has 3 aliphatic heterocycles. The molecule has 1 saturated carbocycles. The summed E-state index contributed by atoms with van der Waals surface area (Å²) in [6.45, 7) is 6.14. The van der Waals surface area contributed by atoms with Gasteiger partial charge < -0.3 is 31.1 Å². The molecule has 1 aromatic rings. The van der Waals surface area contributed by atoms with Crippen LogP contribution in [-0.2, 0) is 20.8 Å². The SMILES string of the molecule is O=C(N[C@H](Cc1ccc(F)cc1)C(=O)N1CCC(C(=O)N2CCNCC2)(C2CCCCC2)CC1)[C@@H]1CNCCN1. The lowest BCUT2D eigenvalue weighted by molar-refractivity contribution is -0.155. The topological polar surface area (TPSA) is 106 Å². The van der Waals surface area contributed by atoms with Crippen LogP contribution in [0.2, 0.25) is 0 Å². The number of likely N-dealkylation sites (tertiary alicyclic amines) is 1.